The number of carboxylic acids is 1. The third kappa shape index (κ3) is 15.8. The maximum Gasteiger partial charge on any atom is 0.303 e. The molecule has 30 heavy (non-hydrogen) atoms. The number of unbranched alkanes of at least 4 members (excludes halogenated alkanes) is 13. The molecule has 3 nitrogen and oxygen atoms in total. The summed E-state index contributed by atoms with van der Waals surface area (Å²) in [5, 5.41) is 12.4. The number of hydrogen-bond donors (Lipinski definition) is 2. The molecule has 174 valence electrons. The lowest BCUT2D eigenvalue weighted by atomic mass is 9.98. The van der Waals surface area contributed by atoms with E-state index in [0.717, 1.165) is 17.8 Å². The lowest BCUT2D eigenvalue weighted by Gasteiger charge is -2.11. The number of aliphatic carboxylic acids is 1. The van der Waals surface area contributed by atoms with Crippen LogP contribution in [0.4, 0.5) is 5.69 Å². The molecule has 0 aliphatic heterocycles. The van der Waals surface area contributed by atoms with Crippen LogP contribution >= 0.6 is 17.0 Å². The predicted molar refractivity (Wildman–Crippen MR) is 136 cm³/mol. The number of carboxylic acid groups (broad SMARTS) is 1. The fourth-order valence-electron chi connectivity index (χ4n) is 3.86. The summed E-state index contributed by atoms with van der Waals surface area (Å²) in [5.41, 5.74) is 2.22. The van der Waals surface area contributed by atoms with Gasteiger partial charge in [0.1, 0.15) is 0 Å². The van der Waals surface area contributed by atoms with E-state index in [1.54, 1.807) is 0 Å². The van der Waals surface area contributed by atoms with E-state index in [1.807, 2.05) is 19.1 Å². The van der Waals surface area contributed by atoms with E-state index in [2.05, 4.69) is 24.4 Å². The average Bonchev–Trinajstić information content (AvgIpc) is 2.71. The number of nitrogens with one attached hydrogen (secondary N) is 1. The average molecular weight is 485 g/mol. The summed E-state index contributed by atoms with van der Waals surface area (Å²) in [7, 11) is 0. The van der Waals surface area contributed by atoms with E-state index in [4.69, 9.17) is 5.11 Å². The summed E-state index contributed by atoms with van der Waals surface area (Å²) in [6.07, 6.45) is 19.6. The van der Waals surface area contributed by atoms with E-state index >= 15 is 0 Å². The van der Waals surface area contributed by atoms with Crippen LogP contribution in [0.2, 0.25) is 0 Å². The van der Waals surface area contributed by atoms with E-state index < -0.39 is 5.97 Å². The van der Waals surface area contributed by atoms with Crippen molar-refractivity contribution >= 4 is 28.6 Å². The molecule has 0 spiro atoms. The second-order valence-electron chi connectivity index (χ2n) is 8.64. The Morgan fingerprint density at radius 3 is 1.67 bits per heavy atom. The van der Waals surface area contributed by atoms with Crippen LogP contribution in [0.5, 0.6) is 0 Å². The fourth-order valence-corrected chi connectivity index (χ4v) is 3.86. The molecule has 0 amide bonds. The van der Waals surface area contributed by atoms with Crippen molar-refractivity contribution in [1.82, 2.24) is 0 Å². The van der Waals surface area contributed by atoms with Crippen molar-refractivity contribution in [3.63, 3.8) is 0 Å². The van der Waals surface area contributed by atoms with Crippen LogP contribution in [0.3, 0.4) is 0 Å². The number of benzene rings is 1. The fraction of sp³-hybridized carbons (Fsp3) is 0.731. The molecular formula is C26H46BrNO2. The van der Waals surface area contributed by atoms with Crippen LogP contribution in [-0.2, 0) is 4.79 Å². The smallest absolute Gasteiger partial charge is 0.303 e. The Morgan fingerprint density at radius 2 is 1.23 bits per heavy atom. The van der Waals surface area contributed by atoms with Gasteiger partial charge in [-0.2, -0.15) is 0 Å². The molecule has 1 rings (SSSR count). The molecule has 0 heterocycles. The zero-order chi connectivity index (χ0) is 21.2. The molecule has 4 heteroatoms. The zero-order valence-electron chi connectivity index (χ0n) is 19.5. The maximum atomic E-state index is 10.8. The first-order chi connectivity index (χ1) is 14.1. The quantitative estimate of drug-likeness (QED) is 0.193. The Bertz CT molecular complexity index is 518. The second-order valence-corrected chi connectivity index (χ2v) is 8.64. The molecule has 1 unspecified atom stereocenters. The van der Waals surface area contributed by atoms with Gasteiger partial charge in [-0.1, -0.05) is 109 Å². The summed E-state index contributed by atoms with van der Waals surface area (Å²) in [6.45, 7) is 5.26. The highest BCUT2D eigenvalue weighted by Crippen LogP contribution is 2.21. The molecule has 2 N–H and O–H groups in total. The van der Waals surface area contributed by atoms with Gasteiger partial charge in [0.2, 0.25) is 0 Å². The Balaban J connectivity index is 0.00000841. The highest BCUT2D eigenvalue weighted by Gasteiger charge is 2.09. The van der Waals surface area contributed by atoms with Crippen molar-refractivity contribution in [2.24, 2.45) is 0 Å². The largest absolute Gasteiger partial charge is 0.481 e. The Kier molecular flexibility index (Phi) is 19.2. The topological polar surface area (TPSA) is 49.3 Å². The predicted octanol–water partition coefficient (Wildman–Crippen LogP) is 8.74. The van der Waals surface area contributed by atoms with Crippen LogP contribution in [-0.4, -0.2) is 17.6 Å². The van der Waals surface area contributed by atoms with Gasteiger partial charge < -0.3 is 10.4 Å². The van der Waals surface area contributed by atoms with Crippen LogP contribution in [0.1, 0.15) is 122 Å². The molecule has 1 atom stereocenters. The minimum atomic E-state index is -0.738. The van der Waals surface area contributed by atoms with E-state index in [0.29, 0.717) is 0 Å². The van der Waals surface area contributed by atoms with Crippen molar-refractivity contribution in [1.29, 1.82) is 0 Å². The molecule has 0 radical (unpaired) electrons. The third-order valence-corrected chi connectivity index (χ3v) is 5.82. The van der Waals surface area contributed by atoms with E-state index in [1.165, 1.54) is 89.9 Å². The first kappa shape index (κ1) is 29.0. The molecule has 0 aliphatic rings. The van der Waals surface area contributed by atoms with Crippen LogP contribution in [0, 0.1) is 0 Å². The first-order valence-corrected chi connectivity index (χ1v) is 12.2. The number of hydrogen-bond acceptors (Lipinski definition) is 2. The molecular weight excluding hydrogens is 438 g/mol. The van der Waals surface area contributed by atoms with Crippen LogP contribution < -0.4 is 5.32 Å². The van der Waals surface area contributed by atoms with Crippen molar-refractivity contribution in [2.45, 2.75) is 116 Å². The van der Waals surface area contributed by atoms with Gasteiger partial charge in [-0.05, 0) is 30.0 Å². The lowest BCUT2D eigenvalue weighted by Crippen LogP contribution is -2.04. The Hall–Kier alpha value is -1.03. The van der Waals surface area contributed by atoms with Gasteiger partial charge in [0.05, 0.1) is 6.42 Å². The van der Waals surface area contributed by atoms with E-state index in [9.17, 15) is 4.79 Å². The summed E-state index contributed by atoms with van der Waals surface area (Å²) in [5.74, 6) is -0.676. The monoisotopic (exact) mass is 483 g/mol. The zero-order valence-corrected chi connectivity index (χ0v) is 21.2. The van der Waals surface area contributed by atoms with E-state index in [-0.39, 0.29) is 29.3 Å². The molecule has 0 bridgehead atoms. The lowest BCUT2D eigenvalue weighted by molar-refractivity contribution is -0.137. The molecule has 0 fully saturated rings. The number of rotatable bonds is 19. The molecule has 0 aromatic heterocycles. The summed E-state index contributed by atoms with van der Waals surface area (Å²) < 4.78 is 0. The summed E-state index contributed by atoms with van der Waals surface area (Å²) >= 11 is 0. The number of halogens is 1. The van der Waals surface area contributed by atoms with Gasteiger partial charge in [0.15, 0.2) is 0 Å². The highest BCUT2D eigenvalue weighted by atomic mass is 79.9. The summed E-state index contributed by atoms with van der Waals surface area (Å²) in [6, 6.07) is 8.22. The first-order valence-electron chi connectivity index (χ1n) is 12.2. The highest BCUT2D eigenvalue weighted by molar-refractivity contribution is 8.93. The minimum Gasteiger partial charge on any atom is -0.481 e. The van der Waals surface area contributed by atoms with Crippen molar-refractivity contribution in [3.8, 4) is 0 Å². The van der Waals surface area contributed by atoms with Gasteiger partial charge in [-0.3, -0.25) is 4.79 Å². The summed E-state index contributed by atoms with van der Waals surface area (Å²) in [4.78, 5) is 10.8. The van der Waals surface area contributed by atoms with Gasteiger partial charge in [-0.25, -0.2) is 0 Å². The van der Waals surface area contributed by atoms with Crippen molar-refractivity contribution in [2.75, 3.05) is 11.9 Å². The molecule has 0 saturated heterocycles. The van der Waals surface area contributed by atoms with Crippen molar-refractivity contribution in [3.05, 3.63) is 29.8 Å². The molecule has 0 saturated carbocycles. The number of carbonyl (C=O) groups is 1. The van der Waals surface area contributed by atoms with Gasteiger partial charge in [-0.15, -0.1) is 17.0 Å². The molecule has 1 aromatic carbocycles. The van der Waals surface area contributed by atoms with Crippen LogP contribution in [0.25, 0.3) is 0 Å². The maximum absolute atomic E-state index is 10.8. The minimum absolute atomic E-state index is 0. The Morgan fingerprint density at radius 1 is 0.800 bits per heavy atom. The normalized spacial score (nSPS) is 11.7. The number of anilines is 1. The van der Waals surface area contributed by atoms with Gasteiger partial charge >= 0.3 is 5.97 Å². The molecule has 0 aliphatic carbocycles. The second kappa shape index (κ2) is 19.9. The molecule has 1 aromatic rings. The van der Waals surface area contributed by atoms with Crippen LogP contribution in [0.15, 0.2) is 24.3 Å². The third-order valence-electron chi connectivity index (χ3n) is 5.82. The Labute approximate surface area is 196 Å². The standard InChI is InChI=1S/C26H45NO2.BrH/c1-3-4-5-6-7-8-9-10-11-12-13-14-15-16-21-27-25-19-17-24(18-20-25)23(2)22-26(28)29;/h17-20,23,27H,3-16,21-22H2,1-2H3,(H,28,29);1H. The van der Waals surface area contributed by atoms with Gasteiger partial charge in [0.25, 0.3) is 0 Å². The van der Waals surface area contributed by atoms with Crippen molar-refractivity contribution < 1.29 is 9.90 Å². The SMILES string of the molecule is Br.CCCCCCCCCCCCCCCCNc1ccc(C(C)CC(=O)O)cc1. The van der Waals surface area contributed by atoms with Gasteiger partial charge in [0, 0.05) is 12.2 Å².